The van der Waals surface area contributed by atoms with E-state index in [1.807, 2.05) is 0 Å². The molecule has 0 aliphatic carbocycles. The fourth-order valence-corrected chi connectivity index (χ4v) is 3.64. The van der Waals surface area contributed by atoms with Crippen LogP contribution in [0.25, 0.3) is 0 Å². The lowest BCUT2D eigenvalue weighted by Gasteiger charge is -2.36. The van der Waals surface area contributed by atoms with Gasteiger partial charge in [0, 0.05) is 52.4 Å². The molecule has 3 atom stereocenters. The molecule has 0 aromatic heterocycles. The van der Waals surface area contributed by atoms with Crippen molar-refractivity contribution >= 4 is 16.9 Å². The summed E-state index contributed by atoms with van der Waals surface area (Å²) in [6.45, 7) is 9.11. The van der Waals surface area contributed by atoms with Gasteiger partial charge < -0.3 is 24.5 Å². The molecule has 2 saturated heterocycles. The summed E-state index contributed by atoms with van der Waals surface area (Å²) in [5, 5.41) is 0. The van der Waals surface area contributed by atoms with E-state index in [-0.39, 0.29) is 13.5 Å². The minimum atomic E-state index is -2.90. The van der Waals surface area contributed by atoms with Gasteiger partial charge in [0.1, 0.15) is 13.5 Å². The minimum Gasteiger partial charge on any atom is -0.328 e. The highest BCUT2D eigenvalue weighted by Gasteiger charge is 2.19. The van der Waals surface area contributed by atoms with E-state index in [0.29, 0.717) is 0 Å². The lowest BCUT2D eigenvalue weighted by molar-refractivity contribution is 0.0520. The maximum atomic E-state index is 10.8. The molecule has 2 aliphatic rings. The summed E-state index contributed by atoms with van der Waals surface area (Å²) in [4.78, 5) is 35.8. The zero-order valence-electron chi connectivity index (χ0n) is 14.5. The van der Waals surface area contributed by atoms with Crippen LogP contribution in [0.5, 0.6) is 0 Å². The topological polar surface area (TPSA) is 109 Å². The average molecular weight is 400 g/mol. The van der Waals surface area contributed by atoms with Gasteiger partial charge in [-0.25, -0.2) is 0 Å². The van der Waals surface area contributed by atoms with Crippen molar-refractivity contribution in [2.75, 3.05) is 78.9 Å². The Morgan fingerprint density at radius 1 is 0.800 bits per heavy atom. The molecule has 12 heteroatoms. The van der Waals surface area contributed by atoms with Crippen LogP contribution in [0, 0.1) is 0 Å². The zero-order chi connectivity index (χ0) is 18.1. The molecule has 10 nitrogen and oxygen atoms in total. The molecule has 2 aliphatic heterocycles. The second-order valence-corrected chi connectivity index (χ2v) is 7.91. The summed E-state index contributed by atoms with van der Waals surface area (Å²) in [7, 11) is -5.22. The SMILES string of the molecule is O=[PH](O)OCN1CCN2CCCN(CCN(COP(O)O)CC2)CC1. The minimum absolute atomic E-state index is 0.187. The molecule has 0 spiro atoms. The molecule has 3 unspecified atom stereocenters. The van der Waals surface area contributed by atoms with Crippen LogP contribution in [-0.4, -0.2) is 113 Å². The van der Waals surface area contributed by atoms with Crippen molar-refractivity contribution in [1.82, 2.24) is 19.6 Å². The zero-order valence-corrected chi connectivity index (χ0v) is 16.4. The first-order chi connectivity index (χ1) is 12.0. The summed E-state index contributed by atoms with van der Waals surface area (Å²) < 4.78 is 20.7. The van der Waals surface area contributed by atoms with E-state index in [2.05, 4.69) is 19.6 Å². The van der Waals surface area contributed by atoms with Crippen LogP contribution < -0.4 is 0 Å². The molecule has 2 heterocycles. The largest absolute Gasteiger partial charge is 0.328 e. The number of rotatable bonds is 6. The quantitative estimate of drug-likeness (QED) is 0.488. The van der Waals surface area contributed by atoms with Crippen molar-refractivity contribution in [3.63, 3.8) is 0 Å². The third-order valence-electron chi connectivity index (χ3n) is 4.60. The highest BCUT2D eigenvalue weighted by molar-refractivity contribution is 7.39. The van der Waals surface area contributed by atoms with E-state index >= 15 is 0 Å². The molecule has 0 saturated carbocycles. The lowest BCUT2D eigenvalue weighted by atomic mass is 10.2. The summed E-state index contributed by atoms with van der Waals surface area (Å²) >= 11 is 0. The van der Waals surface area contributed by atoms with Crippen LogP contribution >= 0.6 is 16.9 Å². The molecule has 0 aromatic rings. The second kappa shape index (κ2) is 11.9. The van der Waals surface area contributed by atoms with E-state index < -0.39 is 16.9 Å². The van der Waals surface area contributed by atoms with Crippen LogP contribution in [0.3, 0.4) is 0 Å². The van der Waals surface area contributed by atoms with Crippen molar-refractivity contribution in [3.8, 4) is 0 Å². The van der Waals surface area contributed by atoms with Crippen molar-refractivity contribution in [3.05, 3.63) is 0 Å². The van der Waals surface area contributed by atoms with E-state index in [1.54, 1.807) is 0 Å². The highest BCUT2D eigenvalue weighted by atomic mass is 31.2. The average Bonchev–Trinajstić information content (AvgIpc) is 2.57. The van der Waals surface area contributed by atoms with Crippen LogP contribution in [0.2, 0.25) is 0 Å². The van der Waals surface area contributed by atoms with Crippen LogP contribution in [-0.2, 0) is 13.6 Å². The van der Waals surface area contributed by atoms with E-state index in [0.717, 1.165) is 71.9 Å². The standard InChI is InChI=1S/C13H30N4O6P2/c18-24(19)22-12-16-8-4-14-2-1-3-15(6-10-16)7-11-17(9-5-14)13-23-25(20)21/h18-19,25H,1-13H2,(H,20,21). The van der Waals surface area contributed by atoms with Crippen LogP contribution in [0.4, 0.5) is 0 Å². The van der Waals surface area contributed by atoms with Crippen LogP contribution in [0.15, 0.2) is 0 Å². The first-order valence-corrected chi connectivity index (χ1v) is 11.0. The van der Waals surface area contributed by atoms with Gasteiger partial charge >= 0.3 is 16.9 Å². The fourth-order valence-electron chi connectivity index (χ4n) is 3.08. The van der Waals surface area contributed by atoms with Gasteiger partial charge in [-0.3, -0.25) is 23.4 Å². The molecule has 25 heavy (non-hydrogen) atoms. The second-order valence-electron chi connectivity index (χ2n) is 6.32. The van der Waals surface area contributed by atoms with Gasteiger partial charge in [0.2, 0.25) is 0 Å². The van der Waals surface area contributed by atoms with Crippen molar-refractivity contribution in [1.29, 1.82) is 0 Å². The maximum absolute atomic E-state index is 10.8. The van der Waals surface area contributed by atoms with Crippen molar-refractivity contribution in [2.45, 2.75) is 6.42 Å². The molecular formula is C13H30N4O6P2. The van der Waals surface area contributed by atoms with Crippen molar-refractivity contribution in [2.24, 2.45) is 0 Å². The monoisotopic (exact) mass is 400 g/mol. The van der Waals surface area contributed by atoms with Gasteiger partial charge in [-0.05, 0) is 19.5 Å². The normalized spacial score (nSPS) is 29.1. The first-order valence-electron chi connectivity index (χ1n) is 8.59. The summed E-state index contributed by atoms with van der Waals surface area (Å²) in [6, 6.07) is 0. The highest BCUT2D eigenvalue weighted by Crippen LogP contribution is 2.24. The van der Waals surface area contributed by atoms with Gasteiger partial charge in [0.05, 0.1) is 0 Å². The summed E-state index contributed by atoms with van der Waals surface area (Å²) in [5.41, 5.74) is 0. The molecule has 0 amide bonds. The molecule has 0 aromatic carbocycles. The third-order valence-corrected chi connectivity index (χ3v) is 5.33. The first kappa shape index (κ1) is 21.6. The van der Waals surface area contributed by atoms with Gasteiger partial charge in [-0.15, -0.1) is 0 Å². The maximum Gasteiger partial charge on any atom is 0.328 e. The Morgan fingerprint density at radius 2 is 1.28 bits per heavy atom. The van der Waals surface area contributed by atoms with Gasteiger partial charge in [-0.2, -0.15) is 0 Å². The number of fused-ring (bicyclic) bond motifs is 4. The Hall–Kier alpha value is 0.300. The van der Waals surface area contributed by atoms with Gasteiger partial charge in [-0.1, -0.05) is 0 Å². The van der Waals surface area contributed by atoms with E-state index in [9.17, 15) is 4.57 Å². The summed E-state index contributed by atoms with van der Waals surface area (Å²) in [5.74, 6) is 0. The third kappa shape index (κ3) is 9.17. The molecule has 2 bridgehead atoms. The van der Waals surface area contributed by atoms with Crippen molar-refractivity contribution < 1.29 is 28.3 Å². The molecule has 0 radical (unpaired) electrons. The lowest BCUT2D eigenvalue weighted by Crippen LogP contribution is -2.49. The predicted molar refractivity (Wildman–Crippen MR) is 95.1 cm³/mol. The molecule has 2 rings (SSSR count). The Morgan fingerprint density at radius 3 is 1.72 bits per heavy atom. The molecule has 3 N–H and O–H groups in total. The fraction of sp³-hybridized carbons (Fsp3) is 1.00. The predicted octanol–water partition coefficient (Wildman–Crippen LogP) is -0.847. The van der Waals surface area contributed by atoms with E-state index in [1.165, 1.54) is 0 Å². The Kier molecular flexibility index (Phi) is 10.3. The number of hydrogen-bond acceptors (Lipinski definition) is 9. The number of hydrogen-bond donors (Lipinski definition) is 3. The summed E-state index contributed by atoms with van der Waals surface area (Å²) in [6.07, 6.45) is 1.12. The Labute approximate surface area is 150 Å². The molecule has 2 fully saturated rings. The van der Waals surface area contributed by atoms with Gasteiger partial charge in [0.15, 0.2) is 0 Å². The number of nitrogens with zero attached hydrogens (tertiary/aromatic N) is 4. The van der Waals surface area contributed by atoms with E-state index in [4.69, 9.17) is 23.7 Å². The van der Waals surface area contributed by atoms with Gasteiger partial charge in [0.25, 0.3) is 0 Å². The van der Waals surface area contributed by atoms with Crippen LogP contribution in [0.1, 0.15) is 6.42 Å². The molecule has 148 valence electrons. The smallest absolute Gasteiger partial charge is 0.328 e. The molecular weight excluding hydrogens is 370 g/mol. The Bertz CT molecular complexity index is 389. The Balaban J connectivity index is 1.93.